The summed E-state index contributed by atoms with van der Waals surface area (Å²) in [6.07, 6.45) is 0. The van der Waals surface area contributed by atoms with Gasteiger partial charge in [-0.25, -0.2) is 4.98 Å². The molecule has 4 rings (SSSR count). The molecule has 0 aliphatic rings. The molecule has 0 aliphatic heterocycles. The molecule has 2 heterocycles. The van der Waals surface area contributed by atoms with Crippen molar-refractivity contribution < 1.29 is 9.21 Å². The number of halogens is 1. The Labute approximate surface area is 156 Å². The van der Waals surface area contributed by atoms with Gasteiger partial charge in [-0.05, 0) is 30.5 Å². The highest BCUT2D eigenvalue weighted by atomic mass is 35.5. The summed E-state index contributed by atoms with van der Waals surface area (Å²) in [5.41, 5.74) is 1.13. The maximum atomic E-state index is 12.9. The summed E-state index contributed by atoms with van der Waals surface area (Å²) in [5, 5.41) is 3.07. The van der Waals surface area contributed by atoms with Crippen molar-refractivity contribution in [3.8, 4) is 0 Å². The lowest BCUT2D eigenvalue weighted by Crippen LogP contribution is -2.30. The Morgan fingerprint density at radius 3 is 2.54 bits per heavy atom. The molecular formula is C21H17ClN2O2. The molecule has 2 aromatic carbocycles. The molecule has 4 nitrogen and oxygen atoms in total. The minimum absolute atomic E-state index is 0.203. The molecule has 0 saturated carbocycles. The van der Waals surface area contributed by atoms with Crippen LogP contribution in [0.4, 0.5) is 0 Å². The third-order valence-electron chi connectivity index (χ3n) is 4.67. The smallest absolute Gasteiger partial charge is 0.272 e. The molecule has 1 atom stereocenters. The van der Waals surface area contributed by atoms with E-state index in [1.54, 1.807) is 18.0 Å². The van der Waals surface area contributed by atoms with E-state index < -0.39 is 0 Å². The van der Waals surface area contributed by atoms with E-state index in [4.69, 9.17) is 16.0 Å². The molecule has 0 bridgehead atoms. The molecule has 0 N–H and O–H groups in total. The first-order valence-electron chi connectivity index (χ1n) is 8.35. The highest BCUT2D eigenvalue weighted by Gasteiger charge is 2.23. The van der Waals surface area contributed by atoms with Crippen LogP contribution in [-0.4, -0.2) is 22.8 Å². The van der Waals surface area contributed by atoms with Crippen LogP contribution in [0.15, 0.2) is 65.1 Å². The average Bonchev–Trinajstić information content (AvgIpc) is 3.10. The van der Waals surface area contributed by atoms with Gasteiger partial charge in [-0.3, -0.25) is 4.79 Å². The van der Waals surface area contributed by atoms with Gasteiger partial charge in [0.1, 0.15) is 22.2 Å². The Balaban J connectivity index is 1.66. The number of fused-ring (bicyclic) bond motifs is 2. The fourth-order valence-electron chi connectivity index (χ4n) is 3.02. The van der Waals surface area contributed by atoms with Gasteiger partial charge in [0.05, 0.1) is 6.04 Å². The Morgan fingerprint density at radius 2 is 1.77 bits per heavy atom. The summed E-state index contributed by atoms with van der Waals surface area (Å²) in [7, 11) is 1.74. The third kappa shape index (κ3) is 2.82. The molecule has 4 aromatic rings. The lowest BCUT2D eigenvalue weighted by molar-refractivity contribution is 0.0722. The topological polar surface area (TPSA) is 46.3 Å². The average molecular weight is 365 g/mol. The van der Waals surface area contributed by atoms with E-state index >= 15 is 0 Å². The molecule has 2 aromatic heterocycles. The number of nitrogens with zero attached hydrogens (tertiary/aromatic N) is 2. The Morgan fingerprint density at radius 1 is 1.08 bits per heavy atom. The number of pyridine rings is 1. The van der Waals surface area contributed by atoms with Gasteiger partial charge in [0.15, 0.2) is 0 Å². The number of rotatable bonds is 3. The first-order valence-corrected chi connectivity index (χ1v) is 8.73. The SMILES string of the molecule is CC(c1cc2ccccc2o1)N(C)C(=O)c1cc2ccccc2c(Cl)n1. The van der Waals surface area contributed by atoms with Crippen molar-refractivity contribution in [3.05, 3.63) is 77.3 Å². The number of carbonyl (C=O) groups is 1. The molecule has 1 amide bonds. The number of carbonyl (C=O) groups excluding carboxylic acids is 1. The van der Waals surface area contributed by atoms with Gasteiger partial charge < -0.3 is 9.32 Å². The van der Waals surface area contributed by atoms with Crippen LogP contribution >= 0.6 is 11.6 Å². The zero-order chi connectivity index (χ0) is 18.3. The lowest BCUT2D eigenvalue weighted by Gasteiger charge is -2.23. The lowest BCUT2D eigenvalue weighted by atomic mass is 10.1. The molecule has 0 spiro atoms. The van der Waals surface area contributed by atoms with Gasteiger partial charge >= 0.3 is 0 Å². The number of hydrogen-bond donors (Lipinski definition) is 0. The summed E-state index contributed by atoms with van der Waals surface area (Å²) < 4.78 is 5.89. The number of hydrogen-bond acceptors (Lipinski definition) is 3. The van der Waals surface area contributed by atoms with Gasteiger partial charge in [0.25, 0.3) is 5.91 Å². The molecule has 0 radical (unpaired) electrons. The fourth-order valence-corrected chi connectivity index (χ4v) is 3.28. The van der Waals surface area contributed by atoms with Crippen molar-refractivity contribution in [2.45, 2.75) is 13.0 Å². The minimum atomic E-state index is -0.234. The zero-order valence-electron chi connectivity index (χ0n) is 14.4. The molecular weight excluding hydrogens is 348 g/mol. The number of aromatic nitrogens is 1. The largest absolute Gasteiger partial charge is 0.459 e. The summed E-state index contributed by atoms with van der Waals surface area (Å²) in [6, 6.07) is 18.9. The first kappa shape index (κ1) is 16.6. The summed E-state index contributed by atoms with van der Waals surface area (Å²) in [6.45, 7) is 1.93. The number of para-hydroxylation sites is 1. The van der Waals surface area contributed by atoms with E-state index in [0.717, 1.165) is 27.5 Å². The second-order valence-electron chi connectivity index (χ2n) is 6.30. The highest BCUT2D eigenvalue weighted by Crippen LogP contribution is 2.28. The molecule has 1 unspecified atom stereocenters. The van der Waals surface area contributed by atoms with Gasteiger partial charge in [0, 0.05) is 17.8 Å². The molecule has 5 heteroatoms. The monoisotopic (exact) mass is 364 g/mol. The normalized spacial score (nSPS) is 12.4. The van der Waals surface area contributed by atoms with Gasteiger partial charge in [0.2, 0.25) is 0 Å². The molecule has 130 valence electrons. The number of benzene rings is 2. The standard InChI is InChI=1S/C21H17ClN2O2/c1-13(19-12-15-8-4-6-10-18(15)26-19)24(2)21(25)17-11-14-7-3-5-9-16(14)20(22)23-17/h3-13H,1-2H3. The maximum Gasteiger partial charge on any atom is 0.272 e. The highest BCUT2D eigenvalue weighted by molar-refractivity contribution is 6.34. The summed E-state index contributed by atoms with van der Waals surface area (Å²) >= 11 is 6.26. The van der Waals surface area contributed by atoms with Crippen LogP contribution in [0.5, 0.6) is 0 Å². The second-order valence-corrected chi connectivity index (χ2v) is 6.66. The van der Waals surface area contributed by atoms with Gasteiger partial charge in [-0.15, -0.1) is 0 Å². The van der Waals surface area contributed by atoms with Gasteiger partial charge in [-0.1, -0.05) is 54.1 Å². The van der Waals surface area contributed by atoms with Crippen LogP contribution in [0.25, 0.3) is 21.7 Å². The van der Waals surface area contributed by atoms with Crippen LogP contribution in [0.2, 0.25) is 5.15 Å². The van der Waals surface area contributed by atoms with Crippen LogP contribution in [-0.2, 0) is 0 Å². The zero-order valence-corrected chi connectivity index (χ0v) is 15.2. The number of furan rings is 1. The van der Waals surface area contributed by atoms with E-state index in [1.165, 1.54) is 0 Å². The van der Waals surface area contributed by atoms with Crippen molar-refractivity contribution in [1.29, 1.82) is 0 Å². The molecule has 0 saturated heterocycles. The van der Waals surface area contributed by atoms with E-state index in [1.807, 2.05) is 61.5 Å². The van der Waals surface area contributed by atoms with Crippen molar-refractivity contribution in [3.63, 3.8) is 0 Å². The molecule has 0 aliphatic carbocycles. The van der Waals surface area contributed by atoms with E-state index in [-0.39, 0.29) is 11.9 Å². The number of amides is 1. The Kier molecular flexibility index (Phi) is 4.13. The third-order valence-corrected chi connectivity index (χ3v) is 4.96. The van der Waals surface area contributed by atoms with Crippen LogP contribution in [0.1, 0.15) is 29.2 Å². The Bertz CT molecular complexity index is 1090. The minimum Gasteiger partial charge on any atom is -0.459 e. The fraction of sp³-hybridized carbons (Fsp3) is 0.143. The maximum absolute atomic E-state index is 12.9. The van der Waals surface area contributed by atoms with E-state index in [2.05, 4.69) is 4.98 Å². The predicted molar refractivity (Wildman–Crippen MR) is 103 cm³/mol. The molecule has 0 fully saturated rings. The van der Waals surface area contributed by atoms with Crippen molar-refractivity contribution >= 4 is 39.2 Å². The first-order chi connectivity index (χ1) is 12.5. The van der Waals surface area contributed by atoms with Crippen LogP contribution in [0.3, 0.4) is 0 Å². The van der Waals surface area contributed by atoms with Crippen molar-refractivity contribution in [2.24, 2.45) is 0 Å². The van der Waals surface area contributed by atoms with Crippen molar-refractivity contribution in [2.75, 3.05) is 7.05 Å². The second kappa shape index (κ2) is 6.46. The van der Waals surface area contributed by atoms with Crippen LogP contribution in [0, 0.1) is 0 Å². The van der Waals surface area contributed by atoms with Crippen molar-refractivity contribution in [1.82, 2.24) is 9.88 Å². The van der Waals surface area contributed by atoms with Crippen LogP contribution < -0.4 is 0 Å². The van der Waals surface area contributed by atoms with E-state index in [9.17, 15) is 4.79 Å². The summed E-state index contributed by atoms with van der Waals surface area (Å²) in [5.74, 6) is 0.527. The Hall–Kier alpha value is -2.85. The molecule has 26 heavy (non-hydrogen) atoms. The summed E-state index contributed by atoms with van der Waals surface area (Å²) in [4.78, 5) is 18.8. The quantitative estimate of drug-likeness (QED) is 0.453. The van der Waals surface area contributed by atoms with Gasteiger partial charge in [-0.2, -0.15) is 0 Å². The predicted octanol–water partition coefficient (Wildman–Crippen LogP) is 5.47. The van der Waals surface area contributed by atoms with E-state index in [0.29, 0.717) is 10.8 Å².